The van der Waals surface area contributed by atoms with Crippen LogP contribution in [0.1, 0.15) is 29.5 Å². The van der Waals surface area contributed by atoms with Crippen LogP contribution in [0.5, 0.6) is 0 Å². The Morgan fingerprint density at radius 1 is 1.50 bits per heavy atom. The van der Waals surface area contributed by atoms with E-state index >= 15 is 0 Å². The Morgan fingerprint density at radius 3 is 2.55 bits per heavy atom. The second-order valence-corrected chi connectivity index (χ2v) is 8.67. The third-order valence-electron chi connectivity index (χ3n) is 4.06. The summed E-state index contributed by atoms with van der Waals surface area (Å²) in [5.74, 6) is -0.907. The average molecular weight is 317 g/mol. The van der Waals surface area contributed by atoms with E-state index in [9.17, 15) is 18.3 Å². The van der Waals surface area contributed by atoms with E-state index in [2.05, 4.69) is 0 Å². The largest absolute Gasteiger partial charge is 0.481 e. The highest BCUT2D eigenvalue weighted by Gasteiger charge is 2.47. The van der Waals surface area contributed by atoms with Crippen molar-refractivity contribution in [1.29, 1.82) is 0 Å². The number of rotatable bonds is 4. The molecule has 0 radical (unpaired) electrons. The van der Waals surface area contributed by atoms with Crippen LogP contribution < -0.4 is 0 Å². The Hall–Kier alpha value is -0.920. The summed E-state index contributed by atoms with van der Waals surface area (Å²) in [4.78, 5) is 13.4. The van der Waals surface area contributed by atoms with Gasteiger partial charge in [0.05, 0.1) is 10.3 Å². The van der Waals surface area contributed by atoms with Crippen LogP contribution >= 0.6 is 11.3 Å². The van der Waals surface area contributed by atoms with Gasteiger partial charge in [-0.1, -0.05) is 6.92 Å². The van der Waals surface area contributed by atoms with Crippen molar-refractivity contribution >= 4 is 27.3 Å². The third-order valence-corrected chi connectivity index (χ3v) is 7.13. The van der Waals surface area contributed by atoms with Crippen LogP contribution in [0.4, 0.5) is 0 Å². The Morgan fingerprint density at radius 2 is 2.15 bits per heavy atom. The molecule has 1 aliphatic heterocycles. The quantitative estimate of drug-likeness (QED) is 0.924. The first kappa shape index (κ1) is 15.5. The van der Waals surface area contributed by atoms with Crippen molar-refractivity contribution in [2.24, 2.45) is 5.41 Å². The standard InChI is InChI=1S/C13H19NO4S2/c1-4-13(12(15)16)5-6-14(8-13)20(17,18)11-7-9(2)19-10(11)3/h7H,4-6,8H2,1-3H3,(H,15,16). The predicted octanol–water partition coefficient (Wildman–Crippen LogP) is 2.24. The first-order valence-corrected chi connectivity index (χ1v) is 8.79. The molecule has 1 aromatic heterocycles. The molecule has 1 atom stereocenters. The van der Waals surface area contributed by atoms with Gasteiger partial charge in [-0.05, 0) is 32.8 Å². The zero-order chi connectivity index (χ0) is 15.1. The molecule has 0 spiro atoms. The summed E-state index contributed by atoms with van der Waals surface area (Å²) < 4.78 is 26.6. The lowest BCUT2D eigenvalue weighted by Gasteiger charge is -2.22. The van der Waals surface area contributed by atoms with E-state index in [1.165, 1.54) is 15.6 Å². The van der Waals surface area contributed by atoms with Crippen molar-refractivity contribution in [2.45, 2.75) is 38.5 Å². The van der Waals surface area contributed by atoms with Crippen LogP contribution in [0.3, 0.4) is 0 Å². The second-order valence-electron chi connectivity index (χ2n) is 5.31. The van der Waals surface area contributed by atoms with Gasteiger partial charge < -0.3 is 5.11 Å². The summed E-state index contributed by atoms with van der Waals surface area (Å²) in [7, 11) is -3.58. The monoisotopic (exact) mass is 317 g/mol. The maximum Gasteiger partial charge on any atom is 0.311 e. The average Bonchev–Trinajstić information content (AvgIpc) is 2.94. The molecule has 1 fully saturated rings. The highest BCUT2D eigenvalue weighted by molar-refractivity contribution is 7.89. The SMILES string of the molecule is CCC1(C(=O)O)CCN(S(=O)(=O)c2cc(C)sc2C)C1. The van der Waals surface area contributed by atoms with E-state index in [0.717, 1.165) is 9.75 Å². The van der Waals surface area contributed by atoms with Gasteiger partial charge in [0.25, 0.3) is 0 Å². The molecular formula is C13H19NO4S2. The van der Waals surface area contributed by atoms with Gasteiger partial charge in [0.2, 0.25) is 10.0 Å². The van der Waals surface area contributed by atoms with E-state index in [1.807, 2.05) is 6.92 Å². The summed E-state index contributed by atoms with van der Waals surface area (Å²) >= 11 is 1.44. The number of sulfonamides is 1. The van der Waals surface area contributed by atoms with Gasteiger partial charge in [-0.2, -0.15) is 4.31 Å². The predicted molar refractivity (Wildman–Crippen MR) is 77.5 cm³/mol. The molecule has 20 heavy (non-hydrogen) atoms. The molecule has 0 bridgehead atoms. The van der Waals surface area contributed by atoms with Crippen molar-refractivity contribution < 1.29 is 18.3 Å². The molecule has 1 aromatic rings. The lowest BCUT2D eigenvalue weighted by molar-refractivity contribution is -0.148. The zero-order valence-corrected chi connectivity index (χ0v) is 13.5. The molecule has 2 rings (SSSR count). The summed E-state index contributed by atoms with van der Waals surface area (Å²) in [5.41, 5.74) is -0.938. The van der Waals surface area contributed by atoms with Crippen LogP contribution in [0.25, 0.3) is 0 Å². The molecule has 7 heteroatoms. The van der Waals surface area contributed by atoms with Crippen LogP contribution in [-0.2, 0) is 14.8 Å². The molecule has 0 aliphatic carbocycles. The van der Waals surface area contributed by atoms with Gasteiger partial charge in [-0.25, -0.2) is 8.42 Å². The van der Waals surface area contributed by atoms with Crippen LogP contribution in [0.2, 0.25) is 0 Å². The second kappa shape index (κ2) is 5.13. The lowest BCUT2D eigenvalue weighted by atomic mass is 9.85. The Bertz CT molecular complexity index is 635. The van der Waals surface area contributed by atoms with Gasteiger partial charge in [0.1, 0.15) is 0 Å². The van der Waals surface area contributed by atoms with Crippen LogP contribution in [0.15, 0.2) is 11.0 Å². The number of carboxylic acid groups (broad SMARTS) is 1. The highest BCUT2D eigenvalue weighted by Crippen LogP contribution is 2.38. The smallest absolute Gasteiger partial charge is 0.311 e. The number of nitrogens with zero attached hydrogens (tertiary/aromatic N) is 1. The maximum absolute atomic E-state index is 12.6. The highest BCUT2D eigenvalue weighted by atomic mass is 32.2. The molecule has 1 saturated heterocycles. The number of hydrogen-bond acceptors (Lipinski definition) is 4. The Kier molecular flexibility index (Phi) is 3.96. The van der Waals surface area contributed by atoms with Crippen LogP contribution in [0, 0.1) is 19.3 Å². The number of aryl methyl sites for hydroxylation is 2. The number of aliphatic carboxylic acids is 1. The van der Waals surface area contributed by atoms with Crippen molar-refractivity contribution in [3.63, 3.8) is 0 Å². The molecule has 5 nitrogen and oxygen atoms in total. The normalized spacial score (nSPS) is 24.1. The van der Waals surface area contributed by atoms with E-state index in [1.54, 1.807) is 19.9 Å². The lowest BCUT2D eigenvalue weighted by Crippen LogP contribution is -2.36. The fraction of sp³-hybridized carbons (Fsp3) is 0.615. The minimum atomic E-state index is -3.58. The molecule has 1 aliphatic rings. The zero-order valence-electron chi connectivity index (χ0n) is 11.8. The van der Waals surface area contributed by atoms with Gasteiger partial charge >= 0.3 is 5.97 Å². The van der Waals surface area contributed by atoms with Crippen molar-refractivity contribution in [3.8, 4) is 0 Å². The van der Waals surface area contributed by atoms with Crippen molar-refractivity contribution in [2.75, 3.05) is 13.1 Å². The molecule has 2 heterocycles. The third kappa shape index (κ3) is 2.38. The Balaban J connectivity index is 2.34. The van der Waals surface area contributed by atoms with E-state index in [4.69, 9.17) is 0 Å². The molecule has 112 valence electrons. The molecule has 0 saturated carbocycles. The number of carboxylic acids is 1. The van der Waals surface area contributed by atoms with E-state index < -0.39 is 21.4 Å². The van der Waals surface area contributed by atoms with Crippen LogP contribution in [-0.4, -0.2) is 36.9 Å². The fourth-order valence-electron chi connectivity index (χ4n) is 2.66. The topological polar surface area (TPSA) is 74.7 Å². The molecule has 1 unspecified atom stereocenters. The number of thiophene rings is 1. The number of hydrogen-bond donors (Lipinski definition) is 1. The van der Waals surface area contributed by atoms with E-state index in [-0.39, 0.29) is 13.1 Å². The first-order valence-electron chi connectivity index (χ1n) is 6.53. The molecule has 0 amide bonds. The summed E-state index contributed by atoms with van der Waals surface area (Å²) in [5, 5.41) is 9.36. The first-order chi connectivity index (χ1) is 9.23. The summed E-state index contributed by atoms with van der Waals surface area (Å²) in [6.45, 7) is 5.79. The summed E-state index contributed by atoms with van der Waals surface area (Å²) in [6.07, 6.45) is 0.816. The Labute approximate surface area is 123 Å². The fourth-order valence-corrected chi connectivity index (χ4v) is 5.71. The van der Waals surface area contributed by atoms with E-state index in [0.29, 0.717) is 17.7 Å². The molecule has 0 aromatic carbocycles. The molecular weight excluding hydrogens is 298 g/mol. The van der Waals surface area contributed by atoms with Gasteiger partial charge in [0, 0.05) is 22.8 Å². The van der Waals surface area contributed by atoms with Crippen molar-refractivity contribution in [1.82, 2.24) is 4.31 Å². The van der Waals surface area contributed by atoms with Gasteiger partial charge in [0.15, 0.2) is 0 Å². The van der Waals surface area contributed by atoms with Gasteiger partial charge in [-0.15, -0.1) is 11.3 Å². The molecule has 1 N–H and O–H groups in total. The maximum atomic E-state index is 12.6. The van der Waals surface area contributed by atoms with Gasteiger partial charge in [-0.3, -0.25) is 4.79 Å². The minimum absolute atomic E-state index is 0.0650. The summed E-state index contributed by atoms with van der Waals surface area (Å²) in [6, 6.07) is 1.67. The van der Waals surface area contributed by atoms with Crippen molar-refractivity contribution in [3.05, 3.63) is 15.8 Å². The minimum Gasteiger partial charge on any atom is -0.481 e. The number of carbonyl (C=O) groups is 1.